The van der Waals surface area contributed by atoms with Gasteiger partial charge in [0.15, 0.2) is 0 Å². The van der Waals surface area contributed by atoms with Gasteiger partial charge < -0.3 is 0 Å². The Morgan fingerprint density at radius 1 is 1.07 bits per heavy atom. The Morgan fingerprint density at radius 2 is 1.73 bits per heavy atom. The van der Waals surface area contributed by atoms with Crippen molar-refractivity contribution in [1.82, 2.24) is 0 Å². The molecule has 1 saturated carbocycles. The number of unbranched alkanes of at least 4 members (excludes halogenated alkanes) is 3. The maximum atomic E-state index is 8.60. The second kappa shape index (κ2) is 5.54. The van der Waals surface area contributed by atoms with E-state index < -0.39 is 0 Å². The van der Waals surface area contributed by atoms with Crippen LogP contribution in [0.2, 0.25) is 0 Å². The van der Waals surface area contributed by atoms with Crippen molar-refractivity contribution < 1.29 is 0 Å². The van der Waals surface area contributed by atoms with E-state index in [0.29, 0.717) is 5.41 Å². The van der Waals surface area contributed by atoms with E-state index in [1.54, 1.807) is 0 Å². The maximum absolute atomic E-state index is 8.60. The highest BCUT2D eigenvalue weighted by Gasteiger charge is 2.55. The van der Waals surface area contributed by atoms with Gasteiger partial charge in [0.25, 0.3) is 0 Å². The summed E-state index contributed by atoms with van der Waals surface area (Å²) in [6, 6.07) is 2.27. The van der Waals surface area contributed by atoms with Gasteiger partial charge in [-0.25, -0.2) is 0 Å². The lowest BCUT2D eigenvalue weighted by molar-refractivity contribution is 0.498. The Labute approximate surface area is 94.9 Å². The van der Waals surface area contributed by atoms with Crippen LogP contribution in [0.5, 0.6) is 0 Å². The largest absolute Gasteiger partial charge is 0.198 e. The topological polar surface area (TPSA) is 23.8 Å². The van der Waals surface area contributed by atoms with Crippen LogP contribution in [0.25, 0.3) is 0 Å². The molecule has 0 aromatic heterocycles. The highest BCUT2D eigenvalue weighted by molar-refractivity contribution is 5.04. The summed E-state index contributed by atoms with van der Waals surface area (Å²) in [5.41, 5.74) is 0.531. The Kier molecular flexibility index (Phi) is 4.64. The molecule has 0 heterocycles. The SMILES string of the molecule is CCCCCCC1C(CCC#N)C1(C)C. The molecular formula is C14H25N. The average Bonchev–Trinajstić information content (AvgIpc) is 2.72. The maximum Gasteiger partial charge on any atom is 0.0621 e. The van der Waals surface area contributed by atoms with E-state index >= 15 is 0 Å². The van der Waals surface area contributed by atoms with Gasteiger partial charge in [0.2, 0.25) is 0 Å². The third-order valence-electron chi connectivity index (χ3n) is 4.22. The first-order valence-corrected chi connectivity index (χ1v) is 6.51. The van der Waals surface area contributed by atoms with Crippen molar-refractivity contribution in [3.05, 3.63) is 0 Å². The summed E-state index contributed by atoms with van der Waals surface area (Å²) in [7, 11) is 0. The van der Waals surface area contributed by atoms with Crippen molar-refractivity contribution in [2.24, 2.45) is 17.3 Å². The quantitative estimate of drug-likeness (QED) is 0.562. The van der Waals surface area contributed by atoms with Crippen LogP contribution in [0.1, 0.15) is 65.7 Å². The minimum Gasteiger partial charge on any atom is -0.198 e. The number of nitriles is 1. The van der Waals surface area contributed by atoms with Crippen LogP contribution in [0.3, 0.4) is 0 Å². The van der Waals surface area contributed by atoms with Crippen molar-refractivity contribution in [2.75, 3.05) is 0 Å². The van der Waals surface area contributed by atoms with Crippen molar-refractivity contribution in [2.45, 2.75) is 65.7 Å². The lowest BCUT2D eigenvalue weighted by Gasteiger charge is -2.01. The van der Waals surface area contributed by atoms with E-state index in [4.69, 9.17) is 5.26 Å². The van der Waals surface area contributed by atoms with Crippen LogP contribution in [-0.2, 0) is 0 Å². The van der Waals surface area contributed by atoms with Crippen LogP contribution in [0, 0.1) is 28.6 Å². The van der Waals surface area contributed by atoms with Gasteiger partial charge in [-0.3, -0.25) is 0 Å². The van der Waals surface area contributed by atoms with Crippen LogP contribution >= 0.6 is 0 Å². The molecule has 0 aromatic rings. The van der Waals surface area contributed by atoms with Gasteiger partial charge in [-0.1, -0.05) is 46.5 Å². The molecule has 1 aliphatic carbocycles. The molecular weight excluding hydrogens is 182 g/mol. The Balaban J connectivity index is 2.17. The van der Waals surface area contributed by atoms with Crippen molar-refractivity contribution >= 4 is 0 Å². The summed E-state index contributed by atoms with van der Waals surface area (Å²) < 4.78 is 0. The molecule has 1 aliphatic rings. The van der Waals surface area contributed by atoms with Crippen LogP contribution in [-0.4, -0.2) is 0 Å². The number of hydrogen-bond acceptors (Lipinski definition) is 1. The smallest absolute Gasteiger partial charge is 0.0621 e. The molecule has 0 saturated heterocycles. The van der Waals surface area contributed by atoms with Gasteiger partial charge in [0, 0.05) is 6.42 Å². The molecule has 1 nitrogen and oxygen atoms in total. The lowest BCUT2D eigenvalue weighted by atomic mass is 10.0. The predicted octanol–water partition coefficient (Wildman–Crippen LogP) is 4.53. The molecule has 1 rings (SSSR count). The van der Waals surface area contributed by atoms with Gasteiger partial charge in [0.1, 0.15) is 0 Å². The molecule has 2 unspecified atom stereocenters. The highest BCUT2D eigenvalue weighted by atomic mass is 14.6. The highest BCUT2D eigenvalue weighted by Crippen LogP contribution is 2.62. The van der Waals surface area contributed by atoms with E-state index in [0.717, 1.165) is 24.7 Å². The molecule has 86 valence electrons. The molecule has 15 heavy (non-hydrogen) atoms. The van der Waals surface area contributed by atoms with E-state index in [1.165, 1.54) is 32.1 Å². The van der Waals surface area contributed by atoms with Gasteiger partial charge in [-0.05, 0) is 30.1 Å². The molecule has 0 N–H and O–H groups in total. The zero-order valence-electron chi connectivity index (χ0n) is 10.6. The first-order valence-electron chi connectivity index (χ1n) is 6.51. The first kappa shape index (κ1) is 12.6. The zero-order valence-corrected chi connectivity index (χ0v) is 10.6. The van der Waals surface area contributed by atoms with Gasteiger partial charge in [-0.2, -0.15) is 5.26 Å². The summed E-state index contributed by atoms with van der Waals surface area (Å²) in [4.78, 5) is 0. The second-order valence-corrected chi connectivity index (χ2v) is 5.58. The molecule has 0 aliphatic heterocycles. The summed E-state index contributed by atoms with van der Waals surface area (Å²) >= 11 is 0. The van der Waals surface area contributed by atoms with Crippen molar-refractivity contribution in [3.63, 3.8) is 0 Å². The number of rotatable bonds is 7. The fourth-order valence-corrected chi connectivity index (χ4v) is 3.01. The molecule has 0 bridgehead atoms. The fraction of sp³-hybridized carbons (Fsp3) is 0.929. The normalized spacial score (nSPS) is 27.3. The van der Waals surface area contributed by atoms with E-state index in [-0.39, 0.29) is 0 Å². The fourth-order valence-electron chi connectivity index (χ4n) is 3.01. The molecule has 0 amide bonds. The van der Waals surface area contributed by atoms with E-state index in [9.17, 15) is 0 Å². The second-order valence-electron chi connectivity index (χ2n) is 5.58. The summed E-state index contributed by atoms with van der Waals surface area (Å²) in [5.74, 6) is 1.74. The summed E-state index contributed by atoms with van der Waals surface area (Å²) in [6.07, 6.45) is 8.77. The standard InChI is InChI=1S/C14H25N/c1-4-5-6-7-9-12-13(10-8-11-15)14(12,2)3/h12-13H,4-10H2,1-3H3. The number of nitrogens with zero attached hydrogens (tertiary/aromatic N) is 1. The zero-order chi connectivity index (χ0) is 11.3. The van der Waals surface area contributed by atoms with E-state index in [1.807, 2.05) is 0 Å². The van der Waals surface area contributed by atoms with E-state index in [2.05, 4.69) is 26.8 Å². The minimum absolute atomic E-state index is 0.531. The minimum atomic E-state index is 0.531. The monoisotopic (exact) mass is 207 g/mol. The van der Waals surface area contributed by atoms with Crippen molar-refractivity contribution in [3.8, 4) is 6.07 Å². The van der Waals surface area contributed by atoms with Gasteiger partial charge in [-0.15, -0.1) is 0 Å². The summed E-state index contributed by atoms with van der Waals surface area (Å²) in [6.45, 7) is 7.01. The third-order valence-corrected chi connectivity index (χ3v) is 4.22. The molecule has 0 spiro atoms. The van der Waals surface area contributed by atoms with Gasteiger partial charge >= 0.3 is 0 Å². The van der Waals surface area contributed by atoms with Crippen LogP contribution < -0.4 is 0 Å². The average molecular weight is 207 g/mol. The third kappa shape index (κ3) is 3.23. The Morgan fingerprint density at radius 3 is 2.33 bits per heavy atom. The molecule has 2 atom stereocenters. The predicted molar refractivity (Wildman–Crippen MR) is 64.4 cm³/mol. The molecule has 0 radical (unpaired) electrons. The van der Waals surface area contributed by atoms with Gasteiger partial charge in [0.05, 0.1) is 6.07 Å². The van der Waals surface area contributed by atoms with Crippen LogP contribution in [0.15, 0.2) is 0 Å². The Hall–Kier alpha value is -0.510. The van der Waals surface area contributed by atoms with Crippen molar-refractivity contribution in [1.29, 1.82) is 5.26 Å². The summed E-state index contributed by atoms with van der Waals surface area (Å²) in [5, 5.41) is 8.60. The molecule has 1 fully saturated rings. The first-order chi connectivity index (χ1) is 7.14. The molecule has 0 aromatic carbocycles. The molecule has 1 heteroatoms. The van der Waals surface area contributed by atoms with Crippen LogP contribution in [0.4, 0.5) is 0 Å². The Bertz CT molecular complexity index is 224. The number of hydrogen-bond donors (Lipinski definition) is 0. The lowest BCUT2D eigenvalue weighted by Crippen LogP contribution is -1.91.